The summed E-state index contributed by atoms with van der Waals surface area (Å²) in [6.07, 6.45) is -0.950. The van der Waals surface area contributed by atoms with E-state index in [4.69, 9.17) is 14.2 Å². The molecule has 0 unspecified atom stereocenters. The number of hydrogen-bond donors (Lipinski definition) is 2. The number of halogens is 1. The first-order valence-corrected chi connectivity index (χ1v) is 9.19. The van der Waals surface area contributed by atoms with Gasteiger partial charge in [0.25, 0.3) is 11.8 Å². The second-order valence-corrected chi connectivity index (χ2v) is 6.15. The Balaban J connectivity index is 1.97. The zero-order valence-electron chi connectivity index (χ0n) is 16.9. The first kappa shape index (κ1) is 22.7. The lowest BCUT2D eigenvalue weighted by molar-refractivity contribution is -0.129. The number of nitrogens with one attached hydrogen (secondary N) is 2. The number of carbonyl (C=O) groups excluding carboxylic acids is 3. The molecule has 0 fully saturated rings. The highest BCUT2D eigenvalue weighted by Crippen LogP contribution is 2.28. The molecule has 0 aromatic heterocycles. The molecule has 0 aliphatic heterocycles. The number of methoxy groups -OCH3 is 1. The van der Waals surface area contributed by atoms with Gasteiger partial charge in [-0.3, -0.25) is 9.59 Å². The van der Waals surface area contributed by atoms with Crippen molar-refractivity contribution < 1.29 is 33.0 Å². The van der Waals surface area contributed by atoms with Crippen LogP contribution in [0.1, 0.15) is 24.2 Å². The number of hydrogen-bond acceptors (Lipinski definition) is 6. The van der Waals surface area contributed by atoms with Crippen LogP contribution in [0.5, 0.6) is 11.5 Å². The van der Waals surface area contributed by atoms with Crippen LogP contribution in [-0.2, 0) is 14.3 Å². The monoisotopic (exact) mass is 418 g/mol. The van der Waals surface area contributed by atoms with Crippen molar-refractivity contribution in [3.63, 3.8) is 0 Å². The van der Waals surface area contributed by atoms with Crippen LogP contribution in [0.3, 0.4) is 0 Å². The van der Waals surface area contributed by atoms with Gasteiger partial charge in [-0.2, -0.15) is 0 Å². The number of likely N-dealkylation sites (N-methyl/N-ethyl adjacent to an activating group) is 1. The molecule has 0 aliphatic rings. The molecule has 1 atom stereocenters. The lowest BCUT2D eigenvalue weighted by atomic mass is 10.2. The number of carbonyl (C=O) groups is 3. The molecule has 30 heavy (non-hydrogen) atoms. The Labute approximate surface area is 173 Å². The van der Waals surface area contributed by atoms with Crippen LogP contribution < -0.4 is 20.1 Å². The van der Waals surface area contributed by atoms with Gasteiger partial charge in [0, 0.05) is 12.2 Å². The molecular formula is C21H23FN2O6. The predicted molar refractivity (Wildman–Crippen MR) is 107 cm³/mol. The number of anilines is 1. The Morgan fingerprint density at radius 1 is 1.07 bits per heavy atom. The average Bonchev–Trinajstić information content (AvgIpc) is 2.73. The molecule has 0 radical (unpaired) electrons. The number of esters is 1. The van der Waals surface area contributed by atoms with Gasteiger partial charge in [0.15, 0.2) is 24.2 Å². The summed E-state index contributed by atoms with van der Waals surface area (Å²) in [4.78, 5) is 35.9. The van der Waals surface area contributed by atoms with E-state index in [0.29, 0.717) is 12.2 Å². The average molecular weight is 418 g/mol. The quantitative estimate of drug-likeness (QED) is 0.607. The van der Waals surface area contributed by atoms with E-state index in [1.54, 1.807) is 6.92 Å². The maximum absolute atomic E-state index is 12.9. The zero-order valence-corrected chi connectivity index (χ0v) is 16.9. The van der Waals surface area contributed by atoms with E-state index in [1.807, 2.05) is 0 Å². The molecular weight excluding hydrogens is 395 g/mol. The summed E-state index contributed by atoms with van der Waals surface area (Å²) in [6, 6.07) is 9.58. The van der Waals surface area contributed by atoms with E-state index in [0.717, 1.165) is 0 Å². The van der Waals surface area contributed by atoms with Gasteiger partial charge >= 0.3 is 5.97 Å². The first-order valence-electron chi connectivity index (χ1n) is 9.19. The highest BCUT2D eigenvalue weighted by Gasteiger charge is 2.19. The van der Waals surface area contributed by atoms with Crippen LogP contribution in [0.2, 0.25) is 0 Å². The minimum atomic E-state index is -0.950. The number of amides is 2. The van der Waals surface area contributed by atoms with Crippen molar-refractivity contribution in [2.24, 2.45) is 0 Å². The summed E-state index contributed by atoms with van der Waals surface area (Å²) in [5.74, 6) is -1.52. The molecule has 0 bridgehead atoms. The van der Waals surface area contributed by atoms with Crippen molar-refractivity contribution in [2.75, 3.05) is 25.6 Å². The molecule has 2 amide bonds. The molecule has 160 valence electrons. The Hall–Kier alpha value is -3.62. The molecule has 0 saturated carbocycles. The van der Waals surface area contributed by atoms with Crippen LogP contribution in [0.4, 0.5) is 10.1 Å². The fraction of sp³-hybridized carbons (Fsp3) is 0.286. The van der Waals surface area contributed by atoms with Gasteiger partial charge in [-0.1, -0.05) is 0 Å². The highest BCUT2D eigenvalue weighted by atomic mass is 19.1. The van der Waals surface area contributed by atoms with E-state index in [2.05, 4.69) is 10.6 Å². The minimum absolute atomic E-state index is 0.158. The third-order valence-electron chi connectivity index (χ3n) is 3.89. The van der Waals surface area contributed by atoms with Crippen LogP contribution in [0, 0.1) is 5.82 Å². The predicted octanol–water partition coefficient (Wildman–Crippen LogP) is 2.53. The van der Waals surface area contributed by atoms with E-state index < -0.39 is 29.7 Å². The van der Waals surface area contributed by atoms with Gasteiger partial charge in [0.1, 0.15) is 5.82 Å². The smallest absolute Gasteiger partial charge is 0.339 e. The molecule has 8 nitrogen and oxygen atoms in total. The van der Waals surface area contributed by atoms with Crippen molar-refractivity contribution in [3.8, 4) is 11.5 Å². The summed E-state index contributed by atoms with van der Waals surface area (Å²) < 4.78 is 28.7. The Morgan fingerprint density at radius 2 is 1.77 bits per heavy atom. The van der Waals surface area contributed by atoms with Crippen LogP contribution in [-0.4, -0.2) is 44.1 Å². The maximum atomic E-state index is 12.9. The Morgan fingerprint density at radius 3 is 2.40 bits per heavy atom. The van der Waals surface area contributed by atoms with Crippen molar-refractivity contribution in [3.05, 3.63) is 53.8 Å². The zero-order chi connectivity index (χ0) is 22.1. The normalized spacial score (nSPS) is 11.2. The van der Waals surface area contributed by atoms with E-state index >= 15 is 0 Å². The van der Waals surface area contributed by atoms with Crippen molar-refractivity contribution in [2.45, 2.75) is 20.0 Å². The first-order chi connectivity index (χ1) is 14.3. The largest absolute Gasteiger partial charge is 0.493 e. The molecule has 9 heteroatoms. The second-order valence-electron chi connectivity index (χ2n) is 6.15. The summed E-state index contributed by atoms with van der Waals surface area (Å²) in [6.45, 7) is 3.33. The van der Waals surface area contributed by atoms with Gasteiger partial charge < -0.3 is 24.8 Å². The maximum Gasteiger partial charge on any atom is 0.339 e. The second kappa shape index (κ2) is 10.8. The van der Waals surface area contributed by atoms with E-state index in [1.165, 1.54) is 56.5 Å². The third kappa shape index (κ3) is 6.47. The molecule has 0 heterocycles. The molecule has 0 spiro atoms. The SMILES string of the molecule is CCNC(=O)[C@H](C)OC(=O)c1ccc(OCC(=O)Nc2ccc(F)cc2)c(OC)c1. The standard InChI is InChI=1S/C21H23FN2O6/c1-4-23-20(26)13(2)30-21(27)14-5-10-17(18(11-14)28-3)29-12-19(25)24-16-8-6-15(22)7-9-16/h5-11,13H,4,12H2,1-3H3,(H,23,26)(H,24,25)/t13-/m0/s1. The van der Waals surface area contributed by atoms with Gasteiger partial charge in [-0.25, -0.2) is 9.18 Å². The van der Waals surface area contributed by atoms with Gasteiger partial charge in [-0.05, 0) is 56.3 Å². The molecule has 0 saturated heterocycles. The van der Waals surface area contributed by atoms with Crippen molar-refractivity contribution in [1.29, 1.82) is 0 Å². The number of benzene rings is 2. The van der Waals surface area contributed by atoms with E-state index in [-0.39, 0.29) is 23.7 Å². The highest BCUT2D eigenvalue weighted by molar-refractivity contribution is 5.93. The van der Waals surface area contributed by atoms with Crippen molar-refractivity contribution >= 4 is 23.5 Å². The summed E-state index contributed by atoms with van der Waals surface area (Å²) in [7, 11) is 1.38. The van der Waals surface area contributed by atoms with Crippen LogP contribution in [0.25, 0.3) is 0 Å². The molecule has 2 aromatic carbocycles. The molecule has 2 rings (SSSR count). The summed E-state index contributed by atoms with van der Waals surface area (Å²) >= 11 is 0. The van der Waals surface area contributed by atoms with Gasteiger partial charge in [-0.15, -0.1) is 0 Å². The molecule has 2 aromatic rings. The summed E-state index contributed by atoms with van der Waals surface area (Å²) in [5, 5.41) is 5.13. The minimum Gasteiger partial charge on any atom is -0.493 e. The fourth-order valence-electron chi connectivity index (χ4n) is 2.39. The fourth-order valence-corrected chi connectivity index (χ4v) is 2.39. The number of rotatable bonds is 9. The summed E-state index contributed by atoms with van der Waals surface area (Å²) in [5.41, 5.74) is 0.586. The lowest BCUT2D eigenvalue weighted by Gasteiger charge is -2.14. The molecule has 2 N–H and O–H groups in total. The molecule has 0 aliphatic carbocycles. The Kier molecular flexibility index (Phi) is 8.16. The topological polar surface area (TPSA) is 103 Å². The van der Waals surface area contributed by atoms with Gasteiger partial charge in [0.2, 0.25) is 0 Å². The number of ether oxygens (including phenoxy) is 3. The van der Waals surface area contributed by atoms with Crippen LogP contribution in [0.15, 0.2) is 42.5 Å². The lowest BCUT2D eigenvalue weighted by Crippen LogP contribution is -2.35. The Bertz CT molecular complexity index is 901. The van der Waals surface area contributed by atoms with E-state index in [9.17, 15) is 18.8 Å². The third-order valence-corrected chi connectivity index (χ3v) is 3.89. The van der Waals surface area contributed by atoms with Crippen LogP contribution >= 0.6 is 0 Å². The van der Waals surface area contributed by atoms with Gasteiger partial charge in [0.05, 0.1) is 12.7 Å². The van der Waals surface area contributed by atoms with Crippen molar-refractivity contribution in [1.82, 2.24) is 5.32 Å².